The zero-order valence-electron chi connectivity index (χ0n) is 15.5. The predicted octanol–water partition coefficient (Wildman–Crippen LogP) is 3.35. The SMILES string of the molecule is Nc1nc(NCCNc2ncc(CO)c(-c3ccc(Cl)cc3Cl)n2)ccc1[N+](=O)[O-]. The van der Waals surface area contributed by atoms with Gasteiger partial charge in [-0.05, 0) is 24.3 Å². The number of nitro groups is 1. The molecule has 0 aliphatic heterocycles. The Morgan fingerprint density at radius 1 is 1.13 bits per heavy atom. The lowest BCUT2D eigenvalue weighted by Crippen LogP contribution is -2.16. The number of hydrogen-bond acceptors (Lipinski definition) is 9. The summed E-state index contributed by atoms with van der Waals surface area (Å²) in [7, 11) is 0. The van der Waals surface area contributed by atoms with Gasteiger partial charge in [0.1, 0.15) is 5.82 Å². The molecule has 2 heterocycles. The highest BCUT2D eigenvalue weighted by atomic mass is 35.5. The summed E-state index contributed by atoms with van der Waals surface area (Å²) in [5, 5.41) is 27.3. The van der Waals surface area contributed by atoms with Crippen molar-refractivity contribution in [3.63, 3.8) is 0 Å². The van der Waals surface area contributed by atoms with E-state index < -0.39 is 4.92 Å². The van der Waals surface area contributed by atoms with Crippen LogP contribution in [0.5, 0.6) is 0 Å². The molecule has 0 fully saturated rings. The molecule has 12 heteroatoms. The number of nitrogens with one attached hydrogen (secondary N) is 2. The number of nitrogens with zero attached hydrogens (tertiary/aromatic N) is 4. The summed E-state index contributed by atoms with van der Waals surface area (Å²) < 4.78 is 0. The topological polar surface area (TPSA) is 152 Å². The van der Waals surface area contributed by atoms with E-state index in [1.54, 1.807) is 18.2 Å². The number of pyridine rings is 1. The van der Waals surface area contributed by atoms with Crippen LogP contribution in [-0.2, 0) is 6.61 Å². The smallest absolute Gasteiger partial charge is 0.311 e. The number of nitrogens with two attached hydrogens (primary N) is 1. The minimum absolute atomic E-state index is 0.162. The highest BCUT2D eigenvalue weighted by molar-refractivity contribution is 6.36. The van der Waals surface area contributed by atoms with Gasteiger partial charge in [-0.3, -0.25) is 10.1 Å². The number of hydrogen-bond donors (Lipinski definition) is 4. The van der Waals surface area contributed by atoms with Crippen LogP contribution in [0.1, 0.15) is 5.56 Å². The van der Waals surface area contributed by atoms with Crippen molar-refractivity contribution >= 4 is 46.5 Å². The Bertz CT molecular complexity index is 1080. The maximum atomic E-state index is 10.8. The van der Waals surface area contributed by atoms with E-state index in [4.69, 9.17) is 28.9 Å². The van der Waals surface area contributed by atoms with Crippen molar-refractivity contribution in [3.05, 3.63) is 62.3 Å². The Balaban J connectivity index is 1.66. The van der Waals surface area contributed by atoms with Crippen LogP contribution in [0.2, 0.25) is 10.0 Å². The molecule has 3 rings (SSSR count). The van der Waals surface area contributed by atoms with Gasteiger partial charge in [0.05, 0.1) is 22.2 Å². The van der Waals surface area contributed by atoms with Crippen molar-refractivity contribution in [1.82, 2.24) is 15.0 Å². The molecule has 0 aliphatic carbocycles. The molecule has 3 aromatic rings. The van der Waals surface area contributed by atoms with Crippen molar-refractivity contribution < 1.29 is 10.0 Å². The third-order valence-corrected chi connectivity index (χ3v) is 4.58. The van der Waals surface area contributed by atoms with E-state index in [0.717, 1.165) is 0 Å². The van der Waals surface area contributed by atoms with E-state index in [-0.39, 0.29) is 18.1 Å². The summed E-state index contributed by atoms with van der Waals surface area (Å²) in [4.78, 5) is 22.8. The minimum Gasteiger partial charge on any atom is -0.392 e. The van der Waals surface area contributed by atoms with Gasteiger partial charge < -0.3 is 21.5 Å². The molecule has 10 nitrogen and oxygen atoms in total. The van der Waals surface area contributed by atoms with Crippen LogP contribution >= 0.6 is 23.2 Å². The van der Waals surface area contributed by atoms with E-state index in [0.29, 0.717) is 51.7 Å². The summed E-state index contributed by atoms with van der Waals surface area (Å²) in [6.07, 6.45) is 1.52. The fourth-order valence-electron chi connectivity index (χ4n) is 2.61. The minimum atomic E-state index is -0.592. The third kappa shape index (κ3) is 5.03. The Hall–Kier alpha value is -3.21. The monoisotopic (exact) mass is 449 g/mol. The zero-order chi connectivity index (χ0) is 21.7. The van der Waals surface area contributed by atoms with Crippen LogP contribution in [0.3, 0.4) is 0 Å². The van der Waals surface area contributed by atoms with E-state index in [1.165, 1.54) is 18.3 Å². The standard InChI is InChI=1S/C18H17Cl2N7O3/c19-11-1-2-12(13(20)7-11)16-10(9-28)8-24-18(26-16)23-6-5-22-15-4-3-14(27(29)30)17(21)25-15/h1-4,7-8,28H,5-6,9H2,(H3,21,22,25)(H,23,24,26). The maximum Gasteiger partial charge on any atom is 0.311 e. The van der Waals surface area contributed by atoms with E-state index in [9.17, 15) is 15.2 Å². The molecule has 0 radical (unpaired) electrons. The summed E-state index contributed by atoms with van der Waals surface area (Å²) in [5.74, 6) is 0.585. The summed E-state index contributed by atoms with van der Waals surface area (Å²) >= 11 is 12.2. The molecule has 0 saturated carbocycles. The highest BCUT2D eigenvalue weighted by Gasteiger charge is 2.14. The molecular weight excluding hydrogens is 433 g/mol. The second kappa shape index (κ2) is 9.53. The lowest BCUT2D eigenvalue weighted by molar-refractivity contribution is -0.384. The van der Waals surface area contributed by atoms with Crippen molar-refractivity contribution in [2.24, 2.45) is 0 Å². The lowest BCUT2D eigenvalue weighted by atomic mass is 10.1. The van der Waals surface area contributed by atoms with Crippen molar-refractivity contribution in [3.8, 4) is 11.3 Å². The number of aliphatic hydroxyl groups excluding tert-OH is 1. The zero-order valence-corrected chi connectivity index (χ0v) is 17.0. The average Bonchev–Trinajstić information content (AvgIpc) is 2.71. The third-order valence-electron chi connectivity index (χ3n) is 4.03. The van der Waals surface area contributed by atoms with Gasteiger partial charge in [-0.15, -0.1) is 0 Å². The fourth-order valence-corrected chi connectivity index (χ4v) is 3.11. The van der Waals surface area contributed by atoms with E-state index >= 15 is 0 Å². The lowest BCUT2D eigenvalue weighted by Gasteiger charge is -2.12. The molecular formula is C18H17Cl2N7O3. The first kappa shape index (κ1) is 21.5. The Morgan fingerprint density at radius 3 is 2.57 bits per heavy atom. The second-order valence-corrected chi connectivity index (χ2v) is 6.90. The van der Waals surface area contributed by atoms with Crippen molar-refractivity contribution in [1.29, 1.82) is 0 Å². The van der Waals surface area contributed by atoms with Gasteiger partial charge in [-0.2, -0.15) is 0 Å². The summed E-state index contributed by atoms with van der Waals surface area (Å²) in [6.45, 7) is 0.598. The molecule has 5 N–H and O–H groups in total. The van der Waals surface area contributed by atoms with Crippen LogP contribution in [0, 0.1) is 10.1 Å². The summed E-state index contributed by atoms with van der Waals surface area (Å²) in [6, 6.07) is 7.77. The van der Waals surface area contributed by atoms with E-state index in [1.807, 2.05) is 0 Å². The molecule has 0 unspecified atom stereocenters. The number of nitrogen functional groups attached to an aromatic ring is 1. The van der Waals surface area contributed by atoms with Gasteiger partial charge >= 0.3 is 5.69 Å². The second-order valence-electron chi connectivity index (χ2n) is 6.06. The van der Waals surface area contributed by atoms with Gasteiger partial charge in [-0.1, -0.05) is 23.2 Å². The molecule has 1 aromatic carbocycles. The fraction of sp³-hybridized carbons (Fsp3) is 0.167. The van der Waals surface area contributed by atoms with Crippen molar-refractivity contribution in [2.75, 3.05) is 29.5 Å². The Kier molecular flexibility index (Phi) is 6.83. The number of aliphatic hydroxyl groups is 1. The van der Waals surface area contributed by atoms with Gasteiger partial charge in [0.2, 0.25) is 11.8 Å². The molecule has 0 saturated heterocycles. The first-order chi connectivity index (χ1) is 14.4. The Labute approximate surface area is 181 Å². The molecule has 2 aromatic heterocycles. The average molecular weight is 450 g/mol. The quantitative estimate of drug-likeness (QED) is 0.230. The highest BCUT2D eigenvalue weighted by Crippen LogP contribution is 2.31. The summed E-state index contributed by atoms with van der Waals surface area (Å²) in [5.41, 5.74) is 6.97. The van der Waals surface area contributed by atoms with Gasteiger partial charge in [0, 0.05) is 41.5 Å². The number of anilines is 3. The first-order valence-electron chi connectivity index (χ1n) is 8.70. The number of halogens is 2. The normalized spacial score (nSPS) is 10.6. The Morgan fingerprint density at radius 2 is 1.90 bits per heavy atom. The predicted molar refractivity (Wildman–Crippen MR) is 116 cm³/mol. The van der Waals surface area contributed by atoms with Gasteiger partial charge in [0.15, 0.2) is 0 Å². The van der Waals surface area contributed by atoms with Crippen LogP contribution < -0.4 is 16.4 Å². The van der Waals surface area contributed by atoms with Crippen molar-refractivity contribution in [2.45, 2.75) is 6.61 Å². The number of benzene rings is 1. The molecule has 0 amide bonds. The first-order valence-corrected chi connectivity index (χ1v) is 9.45. The number of rotatable bonds is 8. The van der Waals surface area contributed by atoms with Gasteiger partial charge in [-0.25, -0.2) is 15.0 Å². The molecule has 0 atom stereocenters. The van der Waals surface area contributed by atoms with Crippen LogP contribution in [-0.4, -0.2) is 38.1 Å². The van der Waals surface area contributed by atoms with Crippen LogP contribution in [0.25, 0.3) is 11.3 Å². The number of aromatic nitrogens is 3. The molecule has 156 valence electrons. The van der Waals surface area contributed by atoms with Gasteiger partial charge in [0.25, 0.3) is 0 Å². The van der Waals surface area contributed by atoms with Crippen LogP contribution in [0.15, 0.2) is 36.5 Å². The molecule has 0 bridgehead atoms. The van der Waals surface area contributed by atoms with E-state index in [2.05, 4.69) is 25.6 Å². The molecule has 0 aliphatic rings. The molecule has 0 spiro atoms. The largest absolute Gasteiger partial charge is 0.392 e. The molecule has 30 heavy (non-hydrogen) atoms. The maximum absolute atomic E-state index is 10.8. The van der Waals surface area contributed by atoms with Crippen LogP contribution in [0.4, 0.5) is 23.3 Å².